The van der Waals surface area contributed by atoms with Crippen molar-refractivity contribution < 1.29 is 4.79 Å². The van der Waals surface area contributed by atoms with E-state index in [2.05, 4.69) is 35.9 Å². The second-order valence-corrected chi connectivity index (χ2v) is 6.04. The standard InChI is InChI=1S/C17H16N2OS/c1-11-8-14-15(9-12(11)2)19-17(18-14)21-10-16(20)13-6-4-3-5-7-13/h3-9H,10H2,1-2H3,(H,18,19). The normalized spacial score (nSPS) is 11.0. The second-order valence-electron chi connectivity index (χ2n) is 5.07. The fourth-order valence-corrected chi connectivity index (χ4v) is 2.94. The van der Waals surface area contributed by atoms with Gasteiger partial charge in [-0.05, 0) is 37.1 Å². The summed E-state index contributed by atoms with van der Waals surface area (Å²) in [6.45, 7) is 4.16. The van der Waals surface area contributed by atoms with E-state index in [1.165, 1.54) is 22.9 Å². The summed E-state index contributed by atoms with van der Waals surface area (Å²) in [5, 5.41) is 0.791. The molecule has 0 fully saturated rings. The maximum atomic E-state index is 12.1. The van der Waals surface area contributed by atoms with Crippen LogP contribution < -0.4 is 0 Å². The van der Waals surface area contributed by atoms with Crippen molar-refractivity contribution in [1.82, 2.24) is 9.97 Å². The van der Waals surface area contributed by atoms with Crippen LogP contribution in [-0.4, -0.2) is 21.5 Å². The lowest BCUT2D eigenvalue weighted by Gasteiger charge is -1.98. The third kappa shape index (κ3) is 3.00. The van der Waals surface area contributed by atoms with Crippen molar-refractivity contribution in [3.8, 4) is 0 Å². The van der Waals surface area contributed by atoms with E-state index in [1.54, 1.807) is 0 Å². The third-order valence-corrected chi connectivity index (χ3v) is 4.38. The Morgan fingerprint density at radius 3 is 2.62 bits per heavy atom. The third-order valence-electron chi connectivity index (χ3n) is 3.51. The molecule has 0 bridgehead atoms. The summed E-state index contributed by atoms with van der Waals surface area (Å²) in [5.74, 6) is 0.510. The van der Waals surface area contributed by atoms with Gasteiger partial charge in [0.2, 0.25) is 0 Å². The van der Waals surface area contributed by atoms with Gasteiger partial charge in [-0.1, -0.05) is 42.1 Å². The topological polar surface area (TPSA) is 45.8 Å². The summed E-state index contributed by atoms with van der Waals surface area (Å²) >= 11 is 1.44. The van der Waals surface area contributed by atoms with Crippen LogP contribution in [0.15, 0.2) is 47.6 Å². The number of carbonyl (C=O) groups is 1. The quantitative estimate of drug-likeness (QED) is 0.581. The van der Waals surface area contributed by atoms with Crippen LogP contribution in [0.1, 0.15) is 21.5 Å². The van der Waals surface area contributed by atoms with Gasteiger partial charge in [0, 0.05) is 5.56 Å². The van der Waals surface area contributed by atoms with Gasteiger partial charge >= 0.3 is 0 Å². The van der Waals surface area contributed by atoms with Crippen LogP contribution in [0.25, 0.3) is 11.0 Å². The molecule has 0 radical (unpaired) electrons. The number of hydrogen-bond donors (Lipinski definition) is 1. The first-order valence-electron chi connectivity index (χ1n) is 6.81. The fraction of sp³-hybridized carbons (Fsp3) is 0.176. The van der Waals surface area contributed by atoms with E-state index in [4.69, 9.17) is 0 Å². The number of H-pyrrole nitrogens is 1. The number of rotatable bonds is 4. The van der Waals surface area contributed by atoms with Crippen molar-refractivity contribution in [1.29, 1.82) is 0 Å². The van der Waals surface area contributed by atoms with E-state index in [0.717, 1.165) is 21.8 Å². The average molecular weight is 296 g/mol. The van der Waals surface area contributed by atoms with Gasteiger partial charge in [0.25, 0.3) is 0 Å². The maximum absolute atomic E-state index is 12.1. The molecule has 0 saturated heterocycles. The summed E-state index contributed by atoms with van der Waals surface area (Å²) in [4.78, 5) is 19.9. The lowest BCUT2D eigenvalue weighted by molar-refractivity contribution is 0.102. The van der Waals surface area contributed by atoms with Crippen molar-refractivity contribution in [2.24, 2.45) is 0 Å². The largest absolute Gasteiger partial charge is 0.333 e. The van der Waals surface area contributed by atoms with Crippen LogP contribution in [0.3, 0.4) is 0 Å². The highest BCUT2D eigenvalue weighted by molar-refractivity contribution is 7.99. The predicted molar refractivity (Wildman–Crippen MR) is 87.1 cm³/mol. The highest BCUT2D eigenvalue weighted by Crippen LogP contribution is 2.22. The van der Waals surface area contributed by atoms with Crippen LogP contribution in [0.4, 0.5) is 0 Å². The minimum absolute atomic E-state index is 0.119. The molecule has 0 spiro atoms. The highest BCUT2D eigenvalue weighted by Gasteiger charge is 2.09. The van der Waals surface area contributed by atoms with Crippen molar-refractivity contribution in [3.63, 3.8) is 0 Å². The van der Waals surface area contributed by atoms with Gasteiger partial charge in [-0.25, -0.2) is 4.98 Å². The Morgan fingerprint density at radius 2 is 1.86 bits per heavy atom. The zero-order valence-corrected chi connectivity index (χ0v) is 12.8. The fourth-order valence-electron chi connectivity index (χ4n) is 2.16. The number of carbonyl (C=O) groups excluding carboxylic acids is 1. The molecule has 0 aliphatic rings. The van der Waals surface area contributed by atoms with Crippen LogP contribution in [-0.2, 0) is 0 Å². The van der Waals surface area contributed by atoms with Gasteiger partial charge in [0.05, 0.1) is 16.8 Å². The van der Waals surface area contributed by atoms with Gasteiger partial charge in [0.1, 0.15) is 0 Å². The summed E-state index contributed by atoms with van der Waals surface area (Å²) in [5.41, 5.74) is 5.18. The highest BCUT2D eigenvalue weighted by atomic mass is 32.2. The Morgan fingerprint density at radius 1 is 1.14 bits per heavy atom. The first-order chi connectivity index (χ1) is 10.1. The molecular formula is C17H16N2OS. The molecule has 0 unspecified atom stereocenters. The first kappa shape index (κ1) is 13.9. The minimum atomic E-state index is 0.119. The van der Waals surface area contributed by atoms with Crippen molar-refractivity contribution in [2.75, 3.05) is 5.75 Å². The number of aromatic nitrogens is 2. The molecule has 3 rings (SSSR count). The zero-order valence-electron chi connectivity index (χ0n) is 12.0. The molecule has 1 heterocycles. The number of nitrogens with one attached hydrogen (secondary N) is 1. The molecule has 0 atom stereocenters. The Labute approximate surface area is 127 Å². The minimum Gasteiger partial charge on any atom is -0.333 e. The van der Waals surface area contributed by atoms with Crippen molar-refractivity contribution in [3.05, 3.63) is 59.2 Å². The SMILES string of the molecule is Cc1cc2nc(SCC(=O)c3ccccc3)[nH]c2cc1C. The molecule has 2 aromatic carbocycles. The van der Waals surface area contributed by atoms with Gasteiger partial charge < -0.3 is 4.98 Å². The number of fused-ring (bicyclic) bond motifs is 1. The molecule has 21 heavy (non-hydrogen) atoms. The summed E-state index contributed by atoms with van der Waals surface area (Å²) < 4.78 is 0. The van der Waals surface area contributed by atoms with Crippen LogP contribution in [0, 0.1) is 13.8 Å². The van der Waals surface area contributed by atoms with E-state index in [0.29, 0.717) is 5.75 Å². The van der Waals surface area contributed by atoms with Crippen LogP contribution in [0.2, 0.25) is 0 Å². The number of aromatic amines is 1. The number of nitrogens with zero attached hydrogens (tertiary/aromatic N) is 1. The number of ketones is 1. The second kappa shape index (κ2) is 5.74. The number of Topliss-reactive ketones (excluding diaryl/α,β-unsaturated/α-hetero) is 1. The van der Waals surface area contributed by atoms with Gasteiger partial charge in [-0.3, -0.25) is 4.79 Å². The average Bonchev–Trinajstić information content (AvgIpc) is 2.88. The Bertz CT molecular complexity index is 754. The molecule has 1 aromatic heterocycles. The van der Waals surface area contributed by atoms with Crippen molar-refractivity contribution >= 4 is 28.6 Å². The zero-order chi connectivity index (χ0) is 14.8. The molecule has 0 saturated carbocycles. The van der Waals surface area contributed by atoms with E-state index in [1.807, 2.05) is 30.3 Å². The molecule has 106 valence electrons. The monoisotopic (exact) mass is 296 g/mol. The summed E-state index contributed by atoms with van der Waals surface area (Å²) in [6, 6.07) is 13.5. The maximum Gasteiger partial charge on any atom is 0.173 e. The molecule has 3 aromatic rings. The van der Waals surface area contributed by atoms with E-state index >= 15 is 0 Å². The number of aryl methyl sites for hydroxylation is 2. The first-order valence-corrected chi connectivity index (χ1v) is 7.80. The van der Waals surface area contributed by atoms with Gasteiger partial charge in [0.15, 0.2) is 10.9 Å². The lowest BCUT2D eigenvalue weighted by Crippen LogP contribution is -2.01. The van der Waals surface area contributed by atoms with Crippen LogP contribution >= 0.6 is 11.8 Å². The molecular weight excluding hydrogens is 280 g/mol. The van der Waals surface area contributed by atoms with E-state index in [9.17, 15) is 4.79 Å². The Kier molecular flexibility index (Phi) is 3.80. The van der Waals surface area contributed by atoms with Crippen molar-refractivity contribution in [2.45, 2.75) is 19.0 Å². The molecule has 0 aliphatic carbocycles. The van der Waals surface area contributed by atoms with Crippen LogP contribution in [0.5, 0.6) is 0 Å². The lowest BCUT2D eigenvalue weighted by atomic mass is 10.1. The number of imidazole rings is 1. The number of hydrogen-bond acceptors (Lipinski definition) is 3. The molecule has 0 amide bonds. The van der Waals surface area contributed by atoms with E-state index in [-0.39, 0.29) is 5.78 Å². The summed E-state index contributed by atoms with van der Waals surface area (Å²) in [7, 11) is 0. The molecule has 4 heteroatoms. The number of thioether (sulfide) groups is 1. The molecule has 1 N–H and O–H groups in total. The van der Waals surface area contributed by atoms with Gasteiger partial charge in [-0.2, -0.15) is 0 Å². The molecule has 0 aliphatic heterocycles. The Balaban J connectivity index is 1.75. The molecule has 3 nitrogen and oxygen atoms in total. The smallest absolute Gasteiger partial charge is 0.173 e. The van der Waals surface area contributed by atoms with Gasteiger partial charge in [-0.15, -0.1) is 0 Å². The number of benzene rings is 2. The summed E-state index contributed by atoms with van der Waals surface area (Å²) in [6.07, 6.45) is 0. The van der Waals surface area contributed by atoms with E-state index < -0.39 is 0 Å². The Hall–Kier alpha value is -2.07. The predicted octanol–water partition coefficient (Wildman–Crippen LogP) is 4.15.